The fraction of sp³-hybridized carbons (Fsp3) is 0.296. The SMILES string of the molecule is COc1ccc(-c2ccc(C#CCCc3ccc(CN4CCCC4)cc3)nc2)cc1. The van der Waals surface area contributed by atoms with Crippen molar-refractivity contribution in [2.75, 3.05) is 20.2 Å². The van der Waals surface area contributed by atoms with E-state index in [-0.39, 0.29) is 0 Å². The Bertz CT molecular complexity index is 990. The number of likely N-dealkylation sites (tertiary alicyclic amines) is 1. The molecule has 3 heteroatoms. The summed E-state index contributed by atoms with van der Waals surface area (Å²) in [5.74, 6) is 7.30. The second kappa shape index (κ2) is 10.1. The highest BCUT2D eigenvalue weighted by atomic mass is 16.5. The van der Waals surface area contributed by atoms with E-state index >= 15 is 0 Å². The van der Waals surface area contributed by atoms with Crippen LogP contribution >= 0.6 is 0 Å². The van der Waals surface area contributed by atoms with Gasteiger partial charge in [0.25, 0.3) is 0 Å². The predicted octanol–water partition coefficient (Wildman–Crippen LogP) is 5.34. The van der Waals surface area contributed by atoms with E-state index in [9.17, 15) is 0 Å². The zero-order valence-corrected chi connectivity index (χ0v) is 17.6. The molecule has 0 bridgehead atoms. The van der Waals surface area contributed by atoms with E-state index in [0.29, 0.717) is 0 Å². The van der Waals surface area contributed by atoms with Gasteiger partial charge in [0.1, 0.15) is 11.4 Å². The van der Waals surface area contributed by atoms with E-state index < -0.39 is 0 Å². The third-order valence-corrected chi connectivity index (χ3v) is 5.57. The van der Waals surface area contributed by atoms with Gasteiger partial charge in [-0.15, -0.1) is 0 Å². The summed E-state index contributed by atoms with van der Waals surface area (Å²) < 4.78 is 5.21. The predicted molar refractivity (Wildman–Crippen MR) is 122 cm³/mol. The summed E-state index contributed by atoms with van der Waals surface area (Å²) in [5, 5.41) is 0. The van der Waals surface area contributed by atoms with Crippen LogP contribution in [0.4, 0.5) is 0 Å². The third kappa shape index (κ3) is 5.49. The molecule has 1 saturated heterocycles. The van der Waals surface area contributed by atoms with Crippen molar-refractivity contribution < 1.29 is 4.74 Å². The minimum Gasteiger partial charge on any atom is -0.497 e. The first-order valence-electron chi connectivity index (χ1n) is 10.7. The molecule has 0 unspecified atom stereocenters. The normalized spacial score (nSPS) is 13.6. The topological polar surface area (TPSA) is 25.4 Å². The van der Waals surface area contributed by atoms with Gasteiger partial charge in [-0.1, -0.05) is 48.4 Å². The van der Waals surface area contributed by atoms with Crippen molar-refractivity contribution in [2.24, 2.45) is 0 Å². The van der Waals surface area contributed by atoms with E-state index in [4.69, 9.17) is 4.74 Å². The molecule has 2 heterocycles. The molecular weight excluding hydrogens is 368 g/mol. The van der Waals surface area contributed by atoms with E-state index in [0.717, 1.165) is 42.0 Å². The summed E-state index contributed by atoms with van der Waals surface area (Å²) in [6, 6.07) is 21.1. The first-order chi connectivity index (χ1) is 14.8. The molecule has 0 amide bonds. The number of methoxy groups -OCH3 is 1. The number of aryl methyl sites for hydroxylation is 1. The Labute approximate surface area is 179 Å². The van der Waals surface area contributed by atoms with Crippen LogP contribution in [0.15, 0.2) is 66.9 Å². The molecule has 0 aliphatic carbocycles. The molecule has 1 fully saturated rings. The van der Waals surface area contributed by atoms with Crippen LogP contribution in [0, 0.1) is 11.8 Å². The van der Waals surface area contributed by atoms with Gasteiger partial charge in [0.05, 0.1) is 7.11 Å². The molecule has 1 aromatic heterocycles. The number of hydrogen-bond acceptors (Lipinski definition) is 3. The minimum atomic E-state index is 0.813. The number of ether oxygens (including phenoxy) is 1. The van der Waals surface area contributed by atoms with Gasteiger partial charge in [-0.3, -0.25) is 4.90 Å². The lowest BCUT2D eigenvalue weighted by atomic mass is 10.1. The van der Waals surface area contributed by atoms with E-state index in [2.05, 4.69) is 52.1 Å². The van der Waals surface area contributed by atoms with Gasteiger partial charge in [-0.25, -0.2) is 4.98 Å². The number of benzene rings is 2. The maximum atomic E-state index is 5.21. The Hall–Kier alpha value is -3.09. The molecule has 3 nitrogen and oxygen atoms in total. The first-order valence-corrected chi connectivity index (χ1v) is 10.7. The fourth-order valence-corrected chi connectivity index (χ4v) is 3.79. The summed E-state index contributed by atoms with van der Waals surface area (Å²) >= 11 is 0. The Kier molecular flexibility index (Phi) is 6.79. The Morgan fingerprint density at radius 3 is 2.23 bits per heavy atom. The molecule has 0 atom stereocenters. The zero-order valence-electron chi connectivity index (χ0n) is 17.6. The largest absolute Gasteiger partial charge is 0.497 e. The molecule has 4 rings (SSSR count). The van der Waals surface area contributed by atoms with Crippen molar-refractivity contribution in [2.45, 2.75) is 32.2 Å². The molecule has 3 aromatic rings. The summed E-state index contributed by atoms with van der Waals surface area (Å²) in [7, 11) is 1.68. The molecule has 1 aliphatic rings. The standard InChI is InChI=1S/C27H28N2O/c1-30-27-16-13-24(14-17-27)25-12-15-26(28-20-25)7-3-2-6-22-8-10-23(11-9-22)21-29-18-4-5-19-29/h8-17,20H,2,4-6,18-19,21H2,1H3. The van der Waals surface area contributed by atoms with Crippen LogP contribution in [0.1, 0.15) is 36.1 Å². The Balaban J connectivity index is 1.27. The van der Waals surface area contributed by atoms with Crippen molar-refractivity contribution in [3.8, 4) is 28.7 Å². The van der Waals surface area contributed by atoms with Crippen LogP contribution in [-0.2, 0) is 13.0 Å². The van der Waals surface area contributed by atoms with Crippen LogP contribution < -0.4 is 4.74 Å². The van der Waals surface area contributed by atoms with E-state index in [1.807, 2.05) is 36.5 Å². The first kappa shape index (κ1) is 20.2. The lowest BCUT2D eigenvalue weighted by Gasteiger charge is -2.14. The fourth-order valence-electron chi connectivity index (χ4n) is 3.79. The molecular formula is C27H28N2O. The van der Waals surface area contributed by atoms with Crippen LogP contribution in [0.25, 0.3) is 11.1 Å². The lowest BCUT2D eigenvalue weighted by molar-refractivity contribution is 0.331. The highest BCUT2D eigenvalue weighted by molar-refractivity contribution is 5.63. The highest BCUT2D eigenvalue weighted by Crippen LogP contribution is 2.21. The lowest BCUT2D eigenvalue weighted by Crippen LogP contribution is -2.18. The van der Waals surface area contributed by atoms with Crippen molar-refractivity contribution >= 4 is 0 Å². The maximum absolute atomic E-state index is 5.21. The molecule has 2 aromatic carbocycles. The van der Waals surface area contributed by atoms with Crippen molar-refractivity contribution in [3.63, 3.8) is 0 Å². The monoisotopic (exact) mass is 396 g/mol. The minimum absolute atomic E-state index is 0.813. The molecule has 0 radical (unpaired) electrons. The van der Waals surface area contributed by atoms with Crippen LogP contribution in [-0.4, -0.2) is 30.1 Å². The molecule has 0 spiro atoms. The van der Waals surface area contributed by atoms with Gasteiger partial charge < -0.3 is 4.74 Å². The molecule has 0 saturated carbocycles. The van der Waals surface area contributed by atoms with Crippen molar-refractivity contribution in [3.05, 3.63) is 83.7 Å². The smallest absolute Gasteiger partial charge is 0.118 e. The van der Waals surface area contributed by atoms with E-state index in [1.165, 1.54) is 37.1 Å². The zero-order chi connectivity index (χ0) is 20.6. The van der Waals surface area contributed by atoms with Gasteiger partial charge in [-0.05, 0) is 73.2 Å². The third-order valence-electron chi connectivity index (χ3n) is 5.57. The maximum Gasteiger partial charge on any atom is 0.118 e. The second-order valence-corrected chi connectivity index (χ2v) is 7.76. The van der Waals surface area contributed by atoms with Gasteiger partial charge in [0.2, 0.25) is 0 Å². The summed E-state index contributed by atoms with van der Waals surface area (Å²) in [5.41, 5.74) is 5.77. The number of pyridine rings is 1. The van der Waals surface area contributed by atoms with E-state index in [1.54, 1.807) is 7.11 Å². The Morgan fingerprint density at radius 2 is 1.57 bits per heavy atom. The average molecular weight is 397 g/mol. The van der Waals surface area contributed by atoms with Gasteiger partial charge in [-0.2, -0.15) is 0 Å². The van der Waals surface area contributed by atoms with Crippen molar-refractivity contribution in [1.29, 1.82) is 0 Å². The van der Waals surface area contributed by atoms with Gasteiger partial charge in [0, 0.05) is 24.7 Å². The highest BCUT2D eigenvalue weighted by Gasteiger charge is 2.11. The van der Waals surface area contributed by atoms with Gasteiger partial charge >= 0.3 is 0 Å². The van der Waals surface area contributed by atoms with Crippen LogP contribution in [0.2, 0.25) is 0 Å². The average Bonchev–Trinajstić information content (AvgIpc) is 3.31. The molecule has 1 aliphatic heterocycles. The van der Waals surface area contributed by atoms with Crippen LogP contribution in [0.3, 0.4) is 0 Å². The number of nitrogens with zero attached hydrogens (tertiary/aromatic N) is 2. The summed E-state index contributed by atoms with van der Waals surface area (Å²) in [4.78, 5) is 7.03. The molecule has 30 heavy (non-hydrogen) atoms. The Morgan fingerprint density at radius 1 is 0.867 bits per heavy atom. The quantitative estimate of drug-likeness (QED) is 0.526. The number of hydrogen-bond donors (Lipinski definition) is 0. The van der Waals surface area contributed by atoms with Crippen LogP contribution in [0.5, 0.6) is 5.75 Å². The van der Waals surface area contributed by atoms with Crippen molar-refractivity contribution in [1.82, 2.24) is 9.88 Å². The summed E-state index contributed by atoms with van der Waals surface area (Å²) in [6.07, 6.45) is 6.38. The number of aromatic nitrogens is 1. The molecule has 0 N–H and O–H groups in total. The summed E-state index contributed by atoms with van der Waals surface area (Å²) in [6.45, 7) is 3.57. The number of rotatable bonds is 6. The van der Waals surface area contributed by atoms with Gasteiger partial charge in [0.15, 0.2) is 0 Å². The molecule has 152 valence electrons. The second-order valence-electron chi connectivity index (χ2n) is 7.76.